The molecule has 0 unspecified atom stereocenters. The van der Waals surface area contributed by atoms with Gasteiger partial charge in [-0.2, -0.15) is 0 Å². The molecule has 1 heterocycles. The number of aromatic nitrogens is 1. The van der Waals surface area contributed by atoms with E-state index in [1.54, 1.807) is 36.5 Å². The molecule has 1 N–H and O–H groups in total. The largest absolute Gasteiger partial charge is 0.495 e. The molecule has 1 aromatic heterocycles. The number of ether oxygens (including phenoxy) is 1. The van der Waals surface area contributed by atoms with Gasteiger partial charge in [0, 0.05) is 11.8 Å². The lowest BCUT2D eigenvalue weighted by Gasteiger charge is -2.10. The number of oxime groups is 1. The molecule has 0 saturated heterocycles. The van der Waals surface area contributed by atoms with Gasteiger partial charge in [-0.05, 0) is 24.3 Å². The van der Waals surface area contributed by atoms with Crippen molar-refractivity contribution in [3.05, 3.63) is 57.8 Å². The van der Waals surface area contributed by atoms with Crippen molar-refractivity contribution in [2.24, 2.45) is 5.16 Å². The molecule has 0 spiro atoms. The highest BCUT2D eigenvalue weighted by Crippen LogP contribution is 2.35. The maximum Gasteiger partial charge on any atom is 0.139 e. The standard InChI is InChI=1S/C13H10Cl2N2O2/c1-19-10-6-5-8(11(14)12(10)15)13(17-18)9-4-2-3-7-16-9/h2-7,18H,1H3. The number of rotatable bonds is 3. The highest BCUT2D eigenvalue weighted by molar-refractivity contribution is 6.45. The first-order valence-corrected chi connectivity index (χ1v) is 6.10. The second kappa shape index (κ2) is 5.91. The van der Waals surface area contributed by atoms with E-state index in [2.05, 4.69) is 10.1 Å². The summed E-state index contributed by atoms with van der Waals surface area (Å²) in [7, 11) is 1.50. The Balaban J connectivity index is 2.55. The Kier molecular flexibility index (Phi) is 4.24. The zero-order valence-corrected chi connectivity index (χ0v) is 11.5. The minimum Gasteiger partial charge on any atom is -0.495 e. The average molecular weight is 297 g/mol. The third-order valence-electron chi connectivity index (χ3n) is 2.53. The third kappa shape index (κ3) is 2.64. The van der Waals surface area contributed by atoms with E-state index in [1.807, 2.05) is 0 Å². The summed E-state index contributed by atoms with van der Waals surface area (Å²) in [6, 6.07) is 8.58. The van der Waals surface area contributed by atoms with E-state index >= 15 is 0 Å². The maximum atomic E-state index is 9.19. The van der Waals surface area contributed by atoms with E-state index in [0.29, 0.717) is 17.0 Å². The molecule has 0 aliphatic heterocycles. The number of pyridine rings is 1. The molecule has 6 heteroatoms. The molecule has 0 saturated carbocycles. The Morgan fingerprint density at radius 2 is 2.00 bits per heavy atom. The van der Waals surface area contributed by atoms with E-state index in [1.165, 1.54) is 7.11 Å². The summed E-state index contributed by atoms with van der Waals surface area (Å²) in [5.41, 5.74) is 1.22. The van der Waals surface area contributed by atoms with Crippen molar-refractivity contribution in [2.75, 3.05) is 7.11 Å². The van der Waals surface area contributed by atoms with E-state index in [9.17, 15) is 5.21 Å². The van der Waals surface area contributed by atoms with E-state index in [4.69, 9.17) is 27.9 Å². The first-order chi connectivity index (χ1) is 9.19. The van der Waals surface area contributed by atoms with Crippen LogP contribution in [0.1, 0.15) is 11.3 Å². The van der Waals surface area contributed by atoms with Gasteiger partial charge in [-0.3, -0.25) is 4.98 Å². The minimum atomic E-state index is 0.246. The molecular weight excluding hydrogens is 287 g/mol. The zero-order valence-electron chi connectivity index (χ0n) is 9.97. The molecule has 2 rings (SSSR count). The third-order valence-corrected chi connectivity index (χ3v) is 3.39. The SMILES string of the molecule is COc1ccc(C(=NO)c2ccccn2)c(Cl)c1Cl. The van der Waals surface area contributed by atoms with Gasteiger partial charge in [0.2, 0.25) is 0 Å². The van der Waals surface area contributed by atoms with Gasteiger partial charge in [0.1, 0.15) is 16.5 Å². The van der Waals surface area contributed by atoms with Crippen LogP contribution in [0, 0.1) is 0 Å². The molecule has 1 aromatic carbocycles. The fraction of sp³-hybridized carbons (Fsp3) is 0.0769. The smallest absolute Gasteiger partial charge is 0.139 e. The second-order valence-electron chi connectivity index (χ2n) is 3.61. The van der Waals surface area contributed by atoms with Crippen LogP contribution in [0.15, 0.2) is 41.7 Å². The number of methoxy groups -OCH3 is 1. The molecule has 0 bridgehead atoms. The summed E-state index contributed by atoms with van der Waals surface area (Å²) < 4.78 is 5.07. The molecule has 19 heavy (non-hydrogen) atoms. The quantitative estimate of drug-likeness (QED) is 0.535. The number of nitrogens with zero attached hydrogens (tertiary/aromatic N) is 2. The number of halogens is 2. The maximum absolute atomic E-state index is 9.19. The van der Waals surface area contributed by atoms with Gasteiger partial charge in [-0.1, -0.05) is 34.4 Å². The Morgan fingerprint density at radius 3 is 2.58 bits per heavy atom. The first kappa shape index (κ1) is 13.6. The van der Waals surface area contributed by atoms with E-state index in [0.717, 1.165) is 0 Å². The topological polar surface area (TPSA) is 54.7 Å². The van der Waals surface area contributed by atoms with Crippen molar-refractivity contribution in [1.29, 1.82) is 0 Å². The second-order valence-corrected chi connectivity index (χ2v) is 4.36. The predicted octanol–water partition coefficient (Wildman–Crippen LogP) is 3.62. The molecule has 4 nitrogen and oxygen atoms in total. The van der Waals surface area contributed by atoms with Crippen LogP contribution in [0.2, 0.25) is 10.0 Å². The van der Waals surface area contributed by atoms with Gasteiger partial charge in [0.05, 0.1) is 17.8 Å². The molecule has 0 radical (unpaired) electrons. The molecule has 2 aromatic rings. The lowest BCUT2D eigenvalue weighted by molar-refractivity contribution is 0.319. The summed E-state index contributed by atoms with van der Waals surface area (Å²) >= 11 is 12.2. The summed E-state index contributed by atoms with van der Waals surface area (Å²) in [5, 5.41) is 13.0. The number of hydrogen-bond donors (Lipinski definition) is 1. The monoisotopic (exact) mass is 296 g/mol. The van der Waals surface area contributed by atoms with Gasteiger partial charge in [-0.25, -0.2) is 0 Å². The van der Waals surface area contributed by atoms with Crippen LogP contribution in [-0.2, 0) is 0 Å². The molecular formula is C13H10Cl2N2O2. The molecule has 0 aliphatic rings. The lowest BCUT2D eigenvalue weighted by atomic mass is 10.1. The Hall–Kier alpha value is -1.78. The molecule has 0 amide bonds. The van der Waals surface area contributed by atoms with Crippen LogP contribution in [0.5, 0.6) is 5.75 Å². The van der Waals surface area contributed by atoms with Crippen molar-refractivity contribution in [3.63, 3.8) is 0 Å². The minimum absolute atomic E-state index is 0.246. The van der Waals surface area contributed by atoms with Crippen LogP contribution in [-0.4, -0.2) is 23.0 Å². The Labute approximate surface area is 120 Å². The number of hydrogen-bond acceptors (Lipinski definition) is 4. The zero-order chi connectivity index (χ0) is 13.8. The van der Waals surface area contributed by atoms with Crippen LogP contribution in [0.4, 0.5) is 0 Å². The van der Waals surface area contributed by atoms with Crippen LogP contribution in [0.3, 0.4) is 0 Å². The van der Waals surface area contributed by atoms with E-state index in [-0.39, 0.29) is 15.8 Å². The summed E-state index contributed by atoms with van der Waals surface area (Å²) in [4.78, 5) is 4.12. The molecule has 0 atom stereocenters. The molecule has 98 valence electrons. The van der Waals surface area contributed by atoms with Gasteiger partial charge >= 0.3 is 0 Å². The lowest BCUT2D eigenvalue weighted by Crippen LogP contribution is -2.07. The summed E-state index contributed by atoms with van der Waals surface area (Å²) in [6.45, 7) is 0. The van der Waals surface area contributed by atoms with Gasteiger partial charge in [0.15, 0.2) is 0 Å². The molecule has 0 aliphatic carbocycles. The highest BCUT2D eigenvalue weighted by Gasteiger charge is 2.17. The fourth-order valence-electron chi connectivity index (χ4n) is 1.62. The van der Waals surface area contributed by atoms with Crippen molar-refractivity contribution < 1.29 is 9.94 Å². The summed E-state index contributed by atoms with van der Waals surface area (Å²) in [5.74, 6) is 0.453. The van der Waals surface area contributed by atoms with Crippen LogP contribution >= 0.6 is 23.2 Å². The average Bonchev–Trinajstić information content (AvgIpc) is 2.45. The van der Waals surface area contributed by atoms with Crippen molar-refractivity contribution in [2.45, 2.75) is 0 Å². The normalized spacial score (nSPS) is 11.4. The predicted molar refractivity (Wildman–Crippen MR) is 74.7 cm³/mol. The number of benzene rings is 1. The van der Waals surface area contributed by atoms with Crippen molar-refractivity contribution in [3.8, 4) is 5.75 Å². The first-order valence-electron chi connectivity index (χ1n) is 5.35. The highest BCUT2D eigenvalue weighted by atomic mass is 35.5. The summed E-state index contributed by atoms with van der Waals surface area (Å²) in [6.07, 6.45) is 1.60. The van der Waals surface area contributed by atoms with Gasteiger partial charge in [0.25, 0.3) is 0 Å². The fourth-order valence-corrected chi connectivity index (χ4v) is 2.11. The van der Waals surface area contributed by atoms with Crippen molar-refractivity contribution in [1.82, 2.24) is 4.98 Å². The van der Waals surface area contributed by atoms with Crippen molar-refractivity contribution >= 4 is 28.9 Å². The van der Waals surface area contributed by atoms with Gasteiger partial charge in [-0.15, -0.1) is 0 Å². The Bertz CT molecular complexity index is 616. The molecule has 0 fully saturated rings. The van der Waals surface area contributed by atoms with Crippen LogP contribution in [0.25, 0.3) is 0 Å². The Morgan fingerprint density at radius 1 is 1.21 bits per heavy atom. The van der Waals surface area contributed by atoms with E-state index < -0.39 is 0 Å². The van der Waals surface area contributed by atoms with Gasteiger partial charge < -0.3 is 9.94 Å². The van der Waals surface area contributed by atoms with Crippen LogP contribution < -0.4 is 4.74 Å².